The Morgan fingerprint density at radius 1 is 0.917 bits per heavy atom. The van der Waals surface area contributed by atoms with Crippen molar-refractivity contribution in [3.63, 3.8) is 0 Å². The van der Waals surface area contributed by atoms with Crippen molar-refractivity contribution in [1.82, 2.24) is 4.90 Å². The Bertz CT molecular complexity index is 947. The van der Waals surface area contributed by atoms with Crippen LogP contribution in [0.4, 0.5) is 0 Å². The predicted molar refractivity (Wildman–Crippen MR) is 147 cm³/mol. The standard InChI is InChI=1S/C32H43NO3/c1-25-20-22-33(23-21-25)30-18-19-31(29(30)12-8-3-4-9-13-32(34)35-2)36-24-26-14-16-28(17-15-26)27-10-6-5-7-11-27/h3-7,10-11,14-17,25,29-31H,8-9,12-13,18-24H2,1-2H3/t29-,30+,31+/m1/s1. The summed E-state index contributed by atoms with van der Waals surface area (Å²) < 4.78 is 11.3. The molecule has 0 radical (unpaired) electrons. The number of piperidine rings is 1. The molecule has 0 unspecified atom stereocenters. The van der Waals surface area contributed by atoms with Gasteiger partial charge in [0, 0.05) is 18.4 Å². The lowest BCUT2D eigenvalue weighted by atomic mass is 9.91. The highest BCUT2D eigenvalue weighted by Gasteiger charge is 2.40. The molecule has 0 amide bonds. The summed E-state index contributed by atoms with van der Waals surface area (Å²) in [6.07, 6.45) is 13.1. The Kier molecular flexibility index (Phi) is 10.2. The van der Waals surface area contributed by atoms with Crippen LogP contribution in [0.3, 0.4) is 0 Å². The molecule has 1 aliphatic carbocycles. The fourth-order valence-corrected chi connectivity index (χ4v) is 5.86. The largest absolute Gasteiger partial charge is 0.469 e. The minimum atomic E-state index is -0.139. The van der Waals surface area contributed by atoms with Crippen molar-refractivity contribution in [2.45, 2.75) is 77.0 Å². The van der Waals surface area contributed by atoms with Gasteiger partial charge in [0.25, 0.3) is 0 Å². The van der Waals surface area contributed by atoms with E-state index in [4.69, 9.17) is 9.47 Å². The second-order valence-corrected chi connectivity index (χ2v) is 10.6. The van der Waals surface area contributed by atoms with E-state index in [0.29, 0.717) is 31.1 Å². The van der Waals surface area contributed by atoms with Crippen LogP contribution in [0.15, 0.2) is 66.7 Å². The van der Waals surface area contributed by atoms with Gasteiger partial charge in [0.2, 0.25) is 0 Å². The summed E-state index contributed by atoms with van der Waals surface area (Å²) in [5, 5.41) is 0. The molecule has 4 nitrogen and oxygen atoms in total. The number of likely N-dealkylation sites (tertiary alicyclic amines) is 1. The van der Waals surface area contributed by atoms with Gasteiger partial charge in [-0.2, -0.15) is 0 Å². The van der Waals surface area contributed by atoms with Crippen LogP contribution in [-0.4, -0.2) is 43.2 Å². The average molecular weight is 490 g/mol. The SMILES string of the molecule is COC(=O)CCC=CCC[C@H]1[C@@H](OCc2ccc(-c3ccccc3)cc2)CC[C@@H]1N1CCC(C)CC1. The van der Waals surface area contributed by atoms with Crippen molar-refractivity contribution in [2.75, 3.05) is 20.2 Å². The van der Waals surface area contributed by atoms with E-state index >= 15 is 0 Å². The average Bonchev–Trinajstić information content (AvgIpc) is 3.33. The second kappa shape index (κ2) is 13.8. The van der Waals surface area contributed by atoms with Gasteiger partial charge < -0.3 is 9.47 Å². The number of nitrogens with zero attached hydrogens (tertiary/aromatic N) is 1. The molecule has 2 aromatic carbocycles. The number of benzene rings is 2. The van der Waals surface area contributed by atoms with E-state index in [1.54, 1.807) is 0 Å². The Hall–Kier alpha value is -2.43. The van der Waals surface area contributed by atoms with E-state index in [-0.39, 0.29) is 5.97 Å². The molecule has 2 aliphatic rings. The minimum absolute atomic E-state index is 0.139. The van der Waals surface area contributed by atoms with E-state index in [1.807, 2.05) is 0 Å². The summed E-state index contributed by atoms with van der Waals surface area (Å²) in [7, 11) is 1.45. The number of esters is 1. The zero-order valence-corrected chi connectivity index (χ0v) is 22.1. The van der Waals surface area contributed by atoms with Crippen molar-refractivity contribution in [1.29, 1.82) is 0 Å². The molecule has 1 aliphatic heterocycles. The number of carbonyl (C=O) groups is 1. The first-order chi connectivity index (χ1) is 17.6. The maximum absolute atomic E-state index is 11.3. The topological polar surface area (TPSA) is 38.8 Å². The van der Waals surface area contributed by atoms with Crippen LogP contribution in [0.1, 0.15) is 63.9 Å². The summed E-state index contributed by atoms with van der Waals surface area (Å²) in [6, 6.07) is 20.0. The number of hydrogen-bond donors (Lipinski definition) is 0. The lowest BCUT2D eigenvalue weighted by Crippen LogP contribution is -2.44. The third-order valence-corrected chi connectivity index (χ3v) is 8.11. The summed E-state index contributed by atoms with van der Waals surface area (Å²) in [6.45, 7) is 5.52. The predicted octanol–water partition coefficient (Wildman–Crippen LogP) is 7.04. The van der Waals surface area contributed by atoms with Crippen molar-refractivity contribution >= 4 is 5.97 Å². The molecule has 0 bridgehead atoms. The van der Waals surface area contributed by atoms with E-state index in [9.17, 15) is 4.79 Å². The van der Waals surface area contributed by atoms with Crippen molar-refractivity contribution in [3.8, 4) is 11.1 Å². The lowest BCUT2D eigenvalue weighted by molar-refractivity contribution is -0.140. The van der Waals surface area contributed by atoms with Crippen LogP contribution < -0.4 is 0 Å². The molecule has 1 saturated heterocycles. The molecular formula is C32H43NO3. The number of methoxy groups -OCH3 is 1. The molecule has 1 saturated carbocycles. The van der Waals surface area contributed by atoms with Crippen molar-refractivity contribution in [2.24, 2.45) is 11.8 Å². The first-order valence-corrected chi connectivity index (χ1v) is 13.9. The second-order valence-electron chi connectivity index (χ2n) is 10.6. The lowest BCUT2D eigenvalue weighted by Gasteiger charge is -2.38. The summed E-state index contributed by atoms with van der Waals surface area (Å²) in [5.74, 6) is 1.28. The Morgan fingerprint density at radius 3 is 2.33 bits per heavy atom. The maximum Gasteiger partial charge on any atom is 0.305 e. The molecule has 194 valence electrons. The first-order valence-electron chi connectivity index (χ1n) is 13.9. The van der Waals surface area contributed by atoms with Crippen LogP contribution in [0.25, 0.3) is 11.1 Å². The van der Waals surface area contributed by atoms with Gasteiger partial charge in [-0.1, -0.05) is 73.7 Å². The number of ether oxygens (including phenoxy) is 2. The monoisotopic (exact) mass is 489 g/mol. The highest BCUT2D eigenvalue weighted by Crippen LogP contribution is 2.38. The number of rotatable bonds is 11. The zero-order valence-electron chi connectivity index (χ0n) is 22.1. The third kappa shape index (κ3) is 7.54. The van der Waals surface area contributed by atoms with Gasteiger partial charge in [-0.25, -0.2) is 0 Å². The van der Waals surface area contributed by atoms with Gasteiger partial charge >= 0.3 is 5.97 Å². The van der Waals surface area contributed by atoms with E-state index < -0.39 is 0 Å². The molecular weight excluding hydrogens is 446 g/mol. The Morgan fingerprint density at radius 2 is 1.61 bits per heavy atom. The minimum Gasteiger partial charge on any atom is -0.469 e. The maximum atomic E-state index is 11.3. The number of carbonyl (C=O) groups excluding carboxylic acids is 1. The van der Waals surface area contributed by atoms with Crippen molar-refractivity contribution in [3.05, 3.63) is 72.3 Å². The summed E-state index contributed by atoms with van der Waals surface area (Å²) in [5.41, 5.74) is 3.74. The molecule has 3 atom stereocenters. The normalized spacial score (nSPS) is 23.3. The van der Waals surface area contributed by atoms with Crippen molar-refractivity contribution < 1.29 is 14.3 Å². The number of allylic oxidation sites excluding steroid dienone is 2. The number of hydrogen-bond acceptors (Lipinski definition) is 4. The Balaban J connectivity index is 1.33. The van der Waals surface area contributed by atoms with Gasteiger partial charge in [-0.3, -0.25) is 9.69 Å². The van der Waals surface area contributed by atoms with Gasteiger partial charge in [-0.15, -0.1) is 0 Å². The van der Waals surface area contributed by atoms with E-state index in [1.165, 1.54) is 56.2 Å². The molecule has 1 heterocycles. The van der Waals surface area contributed by atoms with Gasteiger partial charge in [-0.05, 0) is 80.6 Å². The Labute approximate surface area is 217 Å². The fraction of sp³-hybridized carbons (Fsp3) is 0.531. The van der Waals surface area contributed by atoms with E-state index in [0.717, 1.165) is 31.6 Å². The van der Waals surface area contributed by atoms with Gasteiger partial charge in [0.05, 0.1) is 19.8 Å². The smallest absolute Gasteiger partial charge is 0.305 e. The molecule has 0 aromatic heterocycles. The highest BCUT2D eigenvalue weighted by molar-refractivity contribution is 5.69. The molecule has 0 N–H and O–H groups in total. The van der Waals surface area contributed by atoms with Crippen LogP contribution >= 0.6 is 0 Å². The van der Waals surface area contributed by atoms with Gasteiger partial charge in [0.1, 0.15) is 0 Å². The molecule has 2 fully saturated rings. The van der Waals surface area contributed by atoms with Crippen LogP contribution in [0, 0.1) is 11.8 Å². The summed E-state index contributed by atoms with van der Waals surface area (Å²) >= 11 is 0. The fourth-order valence-electron chi connectivity index (χ4n) is 5.86. The molecule has 2 aromatic rings. The summed E-state index contributed by atoms with van der Waals surface area (Å²) in [4.78, 5) is 14.1. The zero-order chi connectivity index (χ0) is 25.2. The molecule has 36 heavy (non-hydrogen) atoms. The van der Waals surface area contributed by atoms with Gasteiger partial charge in [0.15, 0.2) is 0 Å². The molecule has 0 spiro atoms. The van der Waals surface area contributed by atoms with Crippen LogP contribution in [0.5, 0.6) is 0 Å². The highest BCUT2D eigenvalue weighted by atomic mass is 16.5. The van der Waals surface area contributed by atoms with E-state index in [2.05, 4.69) is 78.6 Å². The van der Waals surface area contributed by atoms with Crippen LogP contribution in [0.2, 0.25) is 0 Å². The quantitative estimate of drug-likeness (QED) is 0.251. The first kappa shape index (κ1) is 26.6. The molecule has 4 rings (SSSR count). The molecule has 4 heteroatoms. The third-order valence-electron chi connectivity index (χ3n) is 8.11. The van der Waals surface area contributed by atoms with Crippen LogP contribution in [-0.2, 0) is 20.9 Å².